The van der Waals surface area contributed by atoms with Crippen molar-refractivity contribution >= 4 is 17.3 Å². The Bertz CT molecular complexity index is 1050. The van der Waals surface area contributed by atoms with Crippen molar-refractivity contribution in [2.24, 2.45) is 0 Å². The summed E-state index contributed by atoms with van der Waals surface area (Å²) >= 11 is 0. The molecule has 0 saturated carbocycles. The monoisotopic (exact) mass is 430 g/mol. The molecule has 0 heterocycles. The zero-order valence-corrected chi connectivity index (χ0v) is 15.9. The van der Waals surface area contributed by atoms with E-state index in [1.54, 1.807) is 36.4 Å². The van der Waals surface area contributed by atoms with Crippen LogP contribution in [0.4, 0.5) is 24.5 Å². The molecule has 0 bridgehead atoms. The van der Waals surface area contributed by atoms with Crippen LogP contribution in [0.5, 0.6) is 17.2 Å². The Morgan fingerprint density at radius 1 is 0.774 bits per heavy atom. The summed E-state index contributed by atoms with van der Waals surface area (Å²) in [6.07, 6.45) is -4.74. The normalized spacial score (nSPS) is 10.8. The van der Waals surface area contributed by atoms with Gasteiger partial charge in [-0.1, -0.05) is 6.58 Å². The van der Waals surface area contributed by atoms with E-state index in [0.29, 0.717) is 28.7 Å². The molecule has 3 N–H and O–H groups in total. The molecular weight excluding hydrogens is 413 g/mol. The van der Waals surface area contributed by atoms with Gasteiger partial charge in [0.15, 0.2) is 0 Å². The lowest BCUT2D eigenvalue weighted by Crippen LogP contribution is -2.17. The van der Waals surface area contributed by atoms with Crippen molar-refractivity contribution < 1.29 is 32.5 Å². The fourth-order valence-electron chi connectivity index (χ4n) is 2.53. The van der Waals surface area contributed by atoms with Crippen LogP contribution in [0, 0.1) is 0 Å². The largest absolute Gasteiger partial charge is 0.573 e. The van der Waals surface area contributed by atoms with Crippen molar-refractivity contribution in [3.05, 3.63) is 90.8 Å². The van der Waals surface area contributed by atoms with Gasteiger partial charge in [0.25, 0.3) is 0 Å². The van der Waals surface area contributed by atoms with Gasteiger partial charge in [-0.2, -0.15) is 0 Å². The van der Waals surface area contributed by atoms with Gasteiger partial charge in [0.2, 0.25) is 0 Å². The van der Waals surface area contributed by atoms with Crippen molar-refractivity contribution in [3.8, 4) is 17.2 Å². The number of alkyl halides is 3. The first kappa shape index (κ1) is 21.6. The minimum absolute atomic E-state index is 0.167. The SMILES string of the molecule is C=C(Nc1ccc(Oc2ccc(C(=O)O)cc2)cc1)Nc1ccc(OC(F)(F)F)cc1. The van der Waals surface area contributed by atoms with Gasteiger partial charge >= 0.3 is 12.3 Å². The standard InChI is InChI=1S/C22H17F3N2O4/c1-14(27-17-6-12-20(13-7-17)31-22(23,24)25)26-16-4-10-19(11-5-16)30-18-8-2-15(3-9-18)21(28)29/h2-13,26-27H,1H2,(H,28,29). The van der Waals surface area contributed by atoms with Gasteiger partial charge in [-0.3, -0.25) is 0 Å². The highest BCUT2D eigenvalue weighted by Gasteiger charge is 2.30. The van der Waals surface area contributed by atoms with E-state index in [2.05, 4.69) is 21.9 Å². The molecule has 3 aromatic carbocycles. The van der Waals surface area contributed by atoms with E-state index >= 15 is 0 Å². The maximum atomic E-state index is 12.2. The Labute approximate surface area is 175 Å². The number of aromatic carboxylic acids is 1. The second kappa shape index (κ2) is 9.12. The quantitative estimate of drug-likeness (QED) is 0.403. The zero-order chi connectivity index (χ0) is 22.4. The van der Waals surface area contributed by atoms with Gasteiger partial charge in [0.1, 0.15) is 23.1 Å². The lowest BCUT2D eigenvalue weighted by atomic mass is 10.2. The summed E-state index contributed by atoms with van der Waals surface area (Å²) in [5.41, 5.74) is 1.39. The van der Waals surface area contributed by atoms with Gasteiger partial charge in [0, 0.05) is 11.4 Å². The molecule has 0 fully saturated rings. The third-order valence-corrected chi connectivity index (χ3v) is 3.87. The predicted molar refractivity (Wildman–Crippen MR) is 109 cm³/mol. The number of hydrogen-bond acceptors (Lipinski definition) is 5. The third kappa shape index (κ3) is 6.70. The minimum Gasteiger partial charge on any atom is -0.478 e. The number of anilines is 2. The number of benzene rings is 3. The van der Waals surface area contributed by atoms with Gasteiger partial charge in [-0.25, -0.2) is 4.79 Å². The highest BCUT2D eigenvalue weighted by Crippen LogP contribution is 2.26. The highest BCUT2D eigenvalue weighted by atomic mass is 19.4. The van der Waals surface area contributed by atoms with E-state index in [-0.39, 0.29) is 11.3 Å². The first-order chi connectivity index (χ1) is 14.7. The molecule has 9 heteroatoms. The van der Waals surface area contributed by atoms with Crippen LogP contribution in [0.1, 0.15) is 10.4 Å². The van der Waals surface area contributed by atoms with E-state index in [1.165, 1.54) is 36.4 Å². The maximum Gasteiger partial charge on any atom is 0.573 e. The second-order valence-electron chi connectivity index (χ2n) is 6.26. The molecule has 0 amide bonds. The Kier molecular flexibility index (Phi) is 6.35. The van der Waals surface area contributed by atoms with Crippen LogP contribution in [0.2, 0.25) is 0 Å². The Morgan fingerprint density at radius 3 is 1.61 bits per heavy atom. The molecule has 0 spiro atoms. The number of ether oxygens (including phenoxy) is 2. The highest BCUT2D eigenvalue weighted by molar-refractivity contribution is 5.87. The maximum absolute atomic E-state index is 12.2. The van der Waals surface area contributed by atoms with Crippen LogP contribution in [0.3, 0.4) is 0 Å². The molecule has 0 aliphatic heterocycles. The number of halogens is 3. The van der Waals surface area contributed by atoms with Crippen molar-refractivity contribution in [1.29, 1.82) is 0 Å². The molecule has 3 aromatic rings. The molecule has 0 unspecified atom stereocenters. The Hall–Kier alpha value is -4.14. The van der Waals surface area contributed by atoms with E-state index in [0.717, 1.165) is 0 Å². The number of carbonyl (C=O) groups is 1. The summed E-state index contributed by atoms with van der Waals surface area (Å²) in [6.45, 7) is 3.83. The number of carboxylic acid groups (broad SMARTS) is 1. The average molecular weight is 430 g/mol. The van der Waals surface area contributed by atoms with Crippen LogP contribution in [-0.2, 0) is 0 Å². The number of rotatable bonds is 8. The van der Waals surface area contributed by atoms with Crippen molar-refractivity contribution in [2.45, 2.75) is 6.36 Å². The van der Waals surface area contributed by atoms with E-state index in [1.807, 2.05) is 0 Å². The molecule has 160 valence electrons. The van der Waals surface area contributed by atoms with E-state index < -0.39 is 12.3 Å². The second-order valence-corrected chi connectivity index (χ2v) is 6.26. The smallest absolute Gasteiger partial charge is 0.478 e. The van der Waals surface area contributed by atoms with Crippen molar-refractivity contribution in [1.82, 2.24) is 0 Å². The van der Waals surface area contributed by atoms with Crippen molar-refractivity contribution in [2.75, 3.05) is 10.6 Å². The zero-order valence-electron chi connectivity index (χ0n) is 15.9. The number of nitrogens with one attached hydrogen (secondary N) is 2. The molecule has 31 heavy (non-hydrogen) atoms. The molecule has 0 saturated heterocycles. The van der Waals surface area contributed by atoms with Gasteiger partial charge in [0.05, 0.1) is 5.56 Å². The Balaban J connectivity index is 1.53. The molecule has 6 nitrogen and oxygen atoms in total. The fourth-order valence-corrected chi connectivity index (χ4v) is 2.53. The minimum atomic E-state index is -4.74. The molecule has 0 atom stereocenters. The number of carboxylic acids is 1. The van der Waals surface area contributed by atoms with Crippen LogP contribution in [0.25, 0.3) is 0 Å². The summed E-state index contributed by atoms with van der Waals surface area (Å²) in [7, 11) is 0. The van der Waals surface area contributed by atoms with Crippen LogP contribution in [-0.4, -0.2) is 17.4 Å². The summed E-state index contributed by atoms with van der Waals surface area (Å²) in [6, 6.07) is 18.2. The lowest BCUT2D eigenvalue weighted by molar-refractivity contribution is -0.274. The van der Waals surface area contributed by atoms with Crippen LogP contribution in [0.15, 0.2) is 85.2 Å². The number of hydrogen-bond donors (Lipinski definition) is 3. The van der Waals surface area contributed by atoms with Crippen molar-refractivity contribution in [3.63, 3.8) is 0 Å². The van der Waals surface area contributed by atoms with Gasteiger partial charge in [-0.05, 0) is 72.8 Å². The summed E-state index contributed by atoms with van der Waals surface area (Å²) in [4.78, 5) is 10.9. The van der Waals surface area contributed by atoms with Gasteiger partial charge < -0.3 is 25.2 Å². The summed E-state index contributed by atoms with van der Waals surface area (Å²) in [5.74, 6) is 0.121. The fraction of sp³-hybridized carbons (Fsp3) is 0.0455. The average Bonchev–Trinajstić information content (AvgIpc) is 2.70. The van der Waals surface area contributed by atoms with E-state index in [9.17, 15) is 18.0 Å². The first-order valence-electron chi connectivity index (χ1n) is 8.88. The summed E-state index contributed by atoms with van der Waals surface area (Å²) in [5, 5.41) is 14.9. The predicted octanol–water partition coefficient (Wildman–Crippen LogP) is 6.07. The topological polar surface area (TPSA) is 79.8 Å². The van der Waals surface area contributed by atoms with Crippen LogP contribution >= 0.6 is 0 Å². The van der Waals surface area contributed by atoms with E-state index in [4.69, 9.17) is 9.84 Å². The van der Waals surface area contributed by atoms with Crippen LogP contribution < -0.4 is 20.1 Å². The molecule has 3 rings (SSSR count). The lowest BCUT2D eigenvalue weighted by Gasteiger charge is -2.14. The summed E-state index contributed by atoms with van der Waals surface area (Å²) < 4.78 is 46.1. The molecule has 0 aliphatic rings. The molecule has 0 radical (unpaired) electrons. The molecule has 0 aromatic heterocycles. The molecule has 0 aliphatic carbocycles. The first-order valence-corrected chi connectivity index (χ1v) is 8.88. The third-order valence-electron chi connectivity index (χ3n) is 3.87. The van der Waals surface area contributed by atoms with Gasteiger partial charge in [-0.15, -0.1) is 13.2 Å². The molecular formula is C22H17F3N2O4. The Morgan fingerprint density at radius 2 is 1.19 bits per heavy atom.